The zero-order valence-corrected chi connectivity index (χ0v) is 18.7. The number of likely N-dealkylation sites (tertiary alicyclic amines) is 1. The Labute approximate surface area is 195 Å². The third kappa shape index (κ3) is 4.88. The van der Waals surface area contributed by atoms with Crippen LogP contribution in [-0.2, 0) is 14.3 Å². The average Bonchev–Trinajstić information content (AvgIpc) is 3.30. The minimum atomic E-state index is -3.22. The highest BCUT2D eigenvalue weighted by molar-refractivity contribution is 5.84. The van der Waals surface area contributed by atoms with Gasteiger partial charge in [0.25, 0.3) is 5.92 Å². The smallest absolute Gasteiger partial charge is 0.407 e. The number of hydrogen-bond acceptors (Lipinski definition) is 4. The number of fused-ring (bicyclic) bond motifs is 3. The zero-order chi connectivity index (χ0) is 24.5. The van der Waals surface area contributed by atoms with Crippen LogP contribution in [0.15, 0.2) is 48.5 Å². The van der Waals surface area contributed by atoms with Crippen molar-refractivity contribution in [3.8, 4) is 11.1 Å². The van der Waals surface area contributed by atoms with E-state index in [-0.39, 0.29) is 25.4 Å². The van der Waals surface area contributed by atoms with Gasteiger partial charge in [0, 0.05) is 24.8 Å². The first-order chi connectivity index (χ1) is 16.2. The highest BCUT2D eigenvalue weighted by atomic mass is 19.3. The second kappa shape index (κ2) is 9.40. The Balaban J connectivity index is 1.28. The van der Waals surface area contributed by atoms with Crippen molar-refractivity contribution in [2.45, 2.75) is 50.1 Å². The molecule has 2 aromatic carbocycles. The molecule has 0 spiro atoms. The van der Waals surface area contributed by atoms with Gasteiger partial charge in [0.2, 0.25) is 5.91 Å². The van der Waals surface area contributed by atoms with Crippen molar-refractivity contribution < 1.29 is 33.0 Å². The molecule has 9 heteroatoms. The third-order valence-corrected chi connectivity index (χ3v) is 6.37. The van der Waals surface area contributed by atoms with Gasteiger partial charge in [-0.2, -0.15) is 0 Å². The minimum Gasteiger partial charge on any atom is -0.480 e. The first-order valence-corrected chi connectivity index (χ1v) is 11.2. The number of carboxylic acid groups (broad SMARTS) is 1. The maximum absolute atomic E-state index is 13.6. The van der Waals surface area contributed by atoms with Crippen molar-refractivity contribution >= 4 is 18.0 Å². The van der Waals surface area contributed by atoms with E-state index in [0.717, 1.165) is 22.3 Å². The lowest BCUT2D eigenvalue weighted by molar-refractivity contribution is -0.148. The van der Waals surface area contributed by atoms with Crippen LogP contribution in [-0.4, -0.2) is 59.1 Å². The van der Waals surface area contributed by atoms with Gasteiger partial charge in [0.15, 0.2) is 0 Å². The van der Waals surface area contributed by atoms with Crippen LogP contribution in [0.3, 0.4) is 0 Å². The number of halogens is 2. The van der Waals surface area contributed by atoms with E-state index < -0.39 is 48.9 Å². The largest absolute Gasteiger partial charge is 0.480 e. The van der Waals surface area contributed by atoms with Gasteiger partial charge in [0.05, 0.1) is 6.54 Å². The summed E-state index contributed by atoms with van der Waals surface area (Å²) < 4.78 is 32.7. The van der Waals surface area contributed by atoms with Crippen LogP contribution in [0, 0.1) is 0 Å². The van der Waals surface area contributed by atoms with Crippen LogP contribution in [0.2, 0.25) is 0 Å². The summed E-state index contributed by atoms with van der Waals surface area (Å²) >= 11 is 0. The number of carbonyl (C=O) groups excluding carboxylic acids is 2. The Hall–Kier alpha value is -3.49. The lowest BCUT2D eigenvalue weighted by Crippen LogP contribution is -2.41. The number of nitrogens with one attached hydrogen (secondary N) is 1. The van der Waals surface area contributed by atoms with Crippen LogP contribution in [0.25, 0.3) is 11.1 Å². The normalized spacial score (nSPS) is 19.3. The predicted molar refractivity (Wildman–Crippen MR) is 120 cm³/mol. The van der Waals surface area contributed by atoms with E-state index in [4.69, 9.17) is 9.84 Å². The summed E-state index contributed by atoms with van der Waals surface area (Å²) in [6.07, 6.45) is -1.53. The van der Waals surface area contributed by atoms with Crippen molar-refractivity contribution in [2.75, 3.05) is 13.2 Å². The molecule has 2 amide bonds. The molecular weight excluding hydrogens is 446 g/mol. The summed E-state index contributed by atoms with van der Waals surface area (Å²) in [5.74, 6) is -5.43. The van der Waals surface area contributed by atoms with E-state index in [0.29, 0.717) is 4.90 Å². The molecule has 4 rings (SSSR count). The number of carbonyl (C=O) groups is 3. The number of alkyl halides is 2. The summed E-state index contributed by atoms with van der Waals surface area (Å²) in [4.78, 5) is 36.6. The monoisotopic (exact) mass is 472 g/mol. The van der Waals surface area contributed by atoms with E-state index >= 15 is 0 Å². The number of carboxylic acids is 1. The van der Waals surface area contributed by atoms with Gasteiger partial charge in [-0.05, 0) is 35.6 Å². The molecule has 7 nitrogen and oxygen atoms in total. The van der Waals surface area contributed by atoms with Crippen molar-refractivity contribution in [2.24, 2.45) is 0 Å². The predicted octanol–water partition coefficient (Wildman–Crippen LogP) is 4.01. The van der Waals surface area contributed by atoms with Gasteiger partial charge in [0.1, 0.15) is 12.6 Å². The van der Waals surface area contributed by atoms with Crippen LogP contribution in [0.1, 0.15) is 43.2 Å². The Morgan fingerprint density at radius 3 is 2.29 bits per heavy atom. The molecule has 180 valence electrons. The summed E-state index contributed by atoms with van der Waals surface area (Å²) in [5.41, 5.74) is 4.41. The maximum Gasteiger partial charge on any atom is 0.407 e. The van der Waals surface area contributed by atoms with Crippen molar-refractivity contribution in [3.05, 3.63) is 59.7 Å². The molecule has 2 unspecified atom stereocenters. The van der Waals surface area contributed by atoms with Crippen LogP contribution < -0.4 is 5.32 Å². The number of ether oxygens (including phenoxy) is 1. The first-order valence-electron chi connectivity index (χ1n) is 11.2. The molecule has 1 heterocycles. The Morgan fingerprint density at radius 1 is 1.12 bits per heavy atom. The Kier molecular flexibility index (Phi) is 6.54. The molecule has 1 aliphatic carbocycles. The number of aliphatic carboxylic acids is 1. The molecule has 2 aliphatic rings. The summed E-state index contributed by atoms with van der Waals surface area (Å²) in [7, 11) is 0. The quantitative estimate of drug-likeness (QED) is 0.635. The average molecular weight is 472 g/mol. The molecule has 1 fully saturated rings. The van der Waals surface area contributed by atoms with Crippen LogP contribution in [0.4, 0.5) is 13.6 Å². The molecule has 1 aliphatic heterocycles. The number of rotatable bonds is 7. The fourth-order valence-electron chi connectivity index (χ4n) is 4.70. The van der Waals surface area contributed by atoms with Crippen LogP contribution in [0.5, 0.6) is 0 Å². The SMILES string of the molecule is CC(CCC(=O)N1CC(F)(F)CC1C(=O)O)NC(=O)OCC1c2ccccc2-c2ccccc21. The van der Waals surface area contributed by atoms with Gasteiger partial charge in [-0.25, -0.2) is 18.4 Å². The van der Waals surface area contributed by atoms with Gasteiger partial charge in [-0.15, -0.1) is 0 Å². The molecule has 0 saturated carbocycles. The highest BCUT2D eigenvalue weighted by Crippen LogP contribution is 2.44. The summed E-state index contributed by atoms with van der Waals surface area (Å²) in [6, 6.07) is 13.9. The lowest BCUT2D eigenvalue weighted by atomic mass is 9.98. The fraction of sp³-hybridized carbons (Fsp3) is 0.400. The molecule has 2 atom stereocenters. The van der Waals surface area contributed by atoms with E-state index in [1.54, 1.807) is 6.92 Å². The van der Waals surface area contributed by atoms with Crippen molar-refractivity contribution in [3.63, 3.8) is 0 Å². The molecule has 1 saturated heterocycles. The molecule has 0 bridgehead atoms. The van der Waals surface area contributed by atoms with E-state index in [2.05, 4.69) is 5.32 Å². The highest BCUT2D eigenvalue weighted by Gasteiger charge is 2.49. The molecule has 2 N–H and O–H groups in total. The van der Waals surface area contributed by atoms with E-state index in [9.17, 15) is 23.2 Å². The molecule has 2 aromatic rings. The van der Waals surface area contributed by atoms with Crippen LogP contribution >= 0.6 is 0 Å². The summed E-state index contributed by atoms with van der Waals surface area (Å²) in [6.45, 7) is 0.910. The Bertz CT molecular complexity index is 1060. The van der Waals surface area contributed by atoms with Crippen molar-refractivity contribution in [1.82, 2.24) is 10.2 Å². The Morgan fingerprint density at radius 2 is 1.71 bits per heavy atom. The second-order valence-electron chi connectivity index (χ2n) is 8.85. The standard InChI is InChI=1S/C25H26F2N2O5/c1-15(10-11-22(30)29-14-25(26,27)12-21(29)23(31)32)28-24(33)34-13-20-18-8-4-2-6-16(18)17-7-3-5-9-19(17)20/h2-9,15,20-21H,10-14H2,1H3,(H,28,33)(H,31,32). The maximum atomic E-state index is 13.6. The van der Waals surface area contributed by atoms with Gasteiger partial charge >= 0.3 is 12.1 Å². The number of hydrogen-bond donors (Lipinski definition) is 2. The molecule has 0 radical (unpaired) electrons. The van der Waals surface area contributed by atoms with E-state index in [1.807, 2.05) is 48.5 Å². The van der Waals surface area contributed by atoms with Crippen molar-refractivity contribution in [1.29, 1.82) is 0 Å². The minimum absolute atomic E-state index is 0.0835. The molecule has 0 aromatic heterocycles. The topological polar surface area (TPSA) is 95.9 Å². The number of amides is 2. The van der Waals surface area contributed by atoms with E-state index in [1.165, 1.54) is 0 Å². The number of nitrogens with zero attached hydrogens (tertiary/aromatic N) is 1. The fourth-order valence-corrected chi connectivity index (χ4v) is 4.70. The first kappa shape index (κ1) is 23.7. The molecule has 34 heavy (non-hydrogen) atoms. The summed E-state index contributed by atoms with van der Waals surface area (Å²) in [5, 5.41) is 11.8. The second-order valence-corrected chi connectivity index (χ2v) is 8.85. The van der Waals surface area contributed by atoms with Gasteiger partial charge in [-0.3, -0.25) is 4.79 Å². The number of benzene rings is 2. The van der Waals surface area contributed by atoms with Gasteiger partial charge in [-0.1, -0.05) is 48.5 Å². The zero-order valence-electron chi connectivity index (χ0n) is 18.7. The lowest BCUT2D eigenvalue weighted by Gasteiger charge is -2.22. The molecular formula is C25H26F2N2O5. The third-order valence-electron chi connectivity index (χ3n) is 6.37. The number of alkyl carbamates (subject to hydrolysis) is 1. The van der Waals surface area contributed by atoms with Gasteiger partial charge < -0.3 is 20.1 Å².